The average Bonchev–Trinajstić information content (AvgIpc) is 2.42. The van der Waals surface area contributed by atoms with Crippen molar-refractivity contribution in [2.24, 2.45) is 0 Å². The van der Waals surface area contributed by atoms with Crippen LogP contribution in [0, 0.1) is 6.92 Å². The van der Waals surface area contributed by atoms with Crippen molar-refractivity contribution in [3.8, 4) is 5.75 Å². The number of methoxy groups -OCH3 is 1. The summed E-state index contributed by atoms with van der Waals surface area (Å²) in [7, 11) is 3.58. The Labute approximate surface area is 118 Å². The van der Waals surface area contributed by atoms with Crippen LogP contribution in [0.1, 0.15) is 22.7 Å². The lowest BCUT2D eigenvalue weighted by molar-refractivity contribution is 0.405. The molecular weight excluding hydrogens is 260 g/mol. The van der Waals surface area contributed by atoms with Crippen LogP contribution < -0.4 is 10.1 Å². The maximum absolute atomic E-state index is 6.24. The van der Waals surface area contributed by atoms with E-state index in [1.54, 1.807) is 19.5 Å². The molecule has 1 heterocycles. The number of hydrogen-bond donors (Lipinski definition) is 1. The molecule has 0 saturated heterocycles. The Bertz CT molecular complexity index is 572. The number of halogens is 1. The Balaban J connectivity index is 2.54. The molecule has 1 aromatic heterocycles. The number of benzene rings is 1. The monoisotopic (exact) mass is 276 g/mol. The minimum absolute atomic E-state index is 0.0228. The molecule has 0 bridgehead atoms. The first-order chi connectivity index (χ1) is 9.17. The highest BCUT2D eigenvalue weighted by Crippen LogP contribution is 2.33. The molecule has 0 aliphatic heterocycles. The topological polar surface area (TPSA) is 34.2 Å². The largest absolute Gasteiger partial charge is 0.496 e. The Hall–Kier alpha value is -1.58. The fraction of sp³-hybridized carbons (Fsp3) is 0.267. The van der Waals surface area contributed by atoms with Crippen LogP contribution in [0.25, 0.3) is 0 Å². The summed E-state index contributed by atoms with van der Waals surface area (Å²) < 4.78 is 5.45. The second-order valence-electron chi connectivity index (χ2n) is 4.36. The van der Waals surface area contributed by atoms with Gasteiger partial charge in [-0.3, -0.25) is 4.98 Å². The number of ether oxygens (including phenoxy) is 1. The van der Waals surface area contributed by atoms with Crippen LogP contribution in [0.15, 0.2) is 36.7 Å². The van der Waals surface area contributed by atoms with E-state index < -0.39 is 0 Å². The lowest BCUT2D eigenvalue weighted by Crippen LogP contribution is -2.19. The first kappa shape index (κ1) is 13.8. The van der Waals surface area contributed by atoms with Crippen molar-refractivity contribution in [1.29, 1.82) is 0 Å². The quantitative estimate of drug-likeness (QED) is 0.930. The Morgan fingerprint density at radius 2 is 2.05 bits per heavy atom. The number of hydrogen-bond acceptors (Lipinski definition) is 3. The van der Waals surface area contributed by atoms with Gasteiger partial charge in [0.15, 0.2) is 0 Å². The number of rotatable bonds is 4. The second-order valence-corrected chi connectivity index (χ2v) is 4.77. The van der Waals surface area contributed by atoms with Crippen molar-refractivity contribution in [3.05, 3.63) is 58.4 Å². The highest BCUT2D eigenvalue weighted by molar-refractivity contribution is 6.31. The van der Waals surface area contributed by atoms with Gasteiger partial charge in [-0.2, -0.15) is 0 Å². The molecule has 0 spiro atoms. The first-order valence-electron chi connectivity index (χ1n) is 6.08. The van der Waals surface area contributed by atoms with E-state index >= 15 is 0 Å². The zero-order valence-electron chi connectivity index (χ0n) is 11.3. The molecule has 19 heavy (non-hydrogen) atoms. The molecule has 0 aliphatic rings. The van der Waals surface area contributed by atoms with E-state index in [9.17, 15) is 0 Å². The minimum Gasteiger partial charge on any atom is -0.496 e. The summed E-state index contributed by atoms with van der Waals surface area (Å²) in [5, 5.41) is 3.93. The van der Waals surface area contributed by atoms with Gasteiger partial charge in [0.1, 0.15) is 5.75 Å². The van der Waals surface area contributed by atoms with Crippen LogP contribution in [0.4, 0.5) is 0 Å². The summed E-state index contributed by atoms with van der Waals surface area (Å²) in [6.07, 6.45) is 3.40. The Morgan fingerprint density at radius 1 is 1.26 bits per heavy atom. The third-order valence-electron chi connectivity index (χ3n) is 3.10. The molecule has 0 amide bonds. The normalized spacial score (nSPS) is 12.2. The molecule has 1 unspecified atom stereocenters. The third kappa shape index (κ3) is 2.88. The second kappa shape index (κ2) is 6.04. The summed E-state index contributed by atoms with van der Waals surface area (Å²) in [6, 6.07) is 8.01. The van der Waals surface area contributed by atoms with Crippen LogP contribution >= 0.6 is 11.6 Å². The molecule has 0 fully saturated rings. The van der Waals surface area contributed by atoms with Crippen molar-refractivity contribution >= 4 is 11.6 Å². The molecule has 4 heteroatoms. The summed E-state index contributed by atoms with van der Waals surface area (Å²) in [6.45, 7) is 2.06. The van der Waals surface area contributed by atoms with Gasteiger partial charge in [0.25, 0.3) is 0 Å². The molecule has 0 radical (unpaired) electrons. The van der Waals surface area contributed by atoms with Crippen LogP contribution in [0.2, 0.25) is 5.02 Å². The molecule has 100 valence electrons. The Morgan fingerprint density at radius 3 is 2.68 bits per heavy atom. The third-order valence-corrected chi connectivity index (χ3v) is 3.42. The maximum atomic E-state index is 6.24. The van der Waals surface area contributed by atoms with Gasteiger partial charge in [-0.1, -0.05) is 29.3 Å². The van der Waals surface area contributed by atoms with Gasteiger partial charge in [-0.25, -0.2) is 0 Å². The molecule has 1 atom stereocenters. The van der Waals surface area contributed by atoms with Crippen molar-refractivity contribution in [3.63, 3.8) is 0 Å². The lowest BCUT2D eigenvalue weighted by atomic mass is 9.97. The molecule has 3 nitrogen and oxygen atoms in total. The molecule has 2 aromatic rings. The zero-order chi connectivity index (χ0) is 13.8. The van der Waals surface area contributed by atoms with Gasteiger partial charge in [0.2, 0.25) is 0 Å². The van der Waals surface area contributed by atoms with Gasteiger partial charge < -0.3 is 10.1 Å². The minimum atomic E-state index is -0.0228. The van der Waals surface area contributed by atoms with E-state index in [0.29, 0.717) is 5.02 Å². The van der Waals surface area contributed by atoms with Crippen molar-refractivity contribution in [2.45, 2.75) is 13.0 Å². The van der Waals surface area contributed by atoms with E-state index in [1.165, 1.54) is 5.56 Å². The average molecular weight is 277 g/mol. The number of pyridine rings is 1. The molecule has 0 aliphatic carbocycles. The highest BCUT2D eigenvalue weighted by Gasteiger charge is 2.19. The van der Waals surface area contributed by atoms with E-state index in [4.69, 9.17) is 16.3 Å². The number of nitrogens with zero attached hydrogens (tertiary/aromatic N) is 1. The SMILES string of the molecule is CNC(c1ccncc1Cl)c1cc(C)ccc1OC. The molecule has 2 rings (SSSR count). The predicted octanol–water partition coefficient (Wildman–Crippen LogP) is 3.36. The smallest absolute Gasteiger partial charge is 0.124 e. The summed E-state index contributed by atoms with van der Waals surface area (Å²) in [4.78, 5) is 4.02. The van der Waals surface area contributed by atoms with Gasteiger partial charge in [0, 0.05) is 18.0 Å². The van der Waals surface area contributed by atoms with Crippen LogP contribution in [0.3, 0.4) is 0 Å². The first-order valence-corrected chi connectivity index (χ1v) is 6.46. The van der Waals surface area contributed by atoms with Crippen molar-refractivity contribution < 1.29 is 4.74 Å². The van der Waals surface area contributed by atoms with Gasteiger partial charge in [-0.05, 0) is 31.7 Å². The summed E-state index contributed by atoms with van der Waals surface area (Å²) in [5.41, 5.74) is 3.24. The summed E-state index contributed by atoms with van der Waals surface area (Å²) in [5.74, 6) is 0.845. The van der Waals surface area contributed by atoms with E-state index in [1.807, 2.05) is 25.2 Å². The summed E-state index contributed by atoms with van der Waals surface area (Å²) >= 11 is 6.24. The van der Waals surface area contributed by atoms with Crippen molar-refractivity contribution in [2.75, 3.05) is 14.2 Å². The number of aryl methyl sites for hydroxylation is 1. The molecule has 1 aromatic carbocycles. The highest BCUT2D eigenvalue weighted by atomic mass is 35.5. The molecule has 0 saturated carbocycles. The van der Waals surface area contributed by atoms with E-state index in [-0.39, 0.29) is 6.04 Å². The molecular formula is C15H17ClN2O. The van der Waals surface area contributed by atoms with Crippen LogP contribution in [0.5, 0.6) is 5.75 Å². The zero-order valence-corrected chi connectivity index (χ0v) is 12.0. The number of nitrogens with one attached hydrogen (secondary N) is 1. The fourth-order valence-corrected chi connectivity index (χ4v) is 2.41. The Kier molecular flexibility index (Phi) is 4.40. The van der Waals surface area contributed by atoms with Gasteiger partial charge >= 0.3 is 0 Å². The van der Waals surface area contributed by atoms with E-state index in [0.717, 1.165) is 16.9 Å². The maximum Gasteiger partial charge on any atom is 0.124 e. The number of aromatic nitrogens is 1. The van der Waals surface area contributed by atoms with E-state index in [2.05, 4.69) is 23.3 Å². The van der Waals surface area contributed by atoms with Crippen LogP contribution in [-0.2, 0) is 0 Å². The predicted molar refractivity (Wildman–Crippen MR) is 77.9 cm³/mol. The standard InChI is InChI=1S/C15H17ClN2O/c1-10-4-5-14(19-3)12(8-10)15(17-2)11-6-7-18-9-13(11)16/h4-9,15,17H,1-3H3. The fourth-order valence-electron chi connectivity index (χ4n) is 2.18. The van der Waals surface area contributed by atoms with Gasteiger partial charge in [0.05, 0.1) is 18.2 Å². The van der Waals surface area contributed by atoms with Gasteiger partial charge in [-0.15, -0.1) is 0 Å². The van der Waals surface area contributed by atoms with Crippen LogP contribution in [-0.4, -0.2) is 19.1 Å². The molecule has 1 N–H and O–H groups in total. The van der Waals surface area contributed by atoms with Crippen molar-refractivity contribution in [1.82, 2.24) is 10.3 Å². The lowest BCUT2D eigenvalue weighted by Gasteiger charge is -2.21.